The Morgan fingerprint density at radius 1 is 0.903 bits per heavy atom. The molecule has 1 atom stereocenters. The minimum atomic E-state index is 0.247. The summed E-state index contributed by atoms with van der Waals surface area (Å²) in [6.07, 6.45) is 2.16. The summed E-state index contributed by atoms with van der Waals surface area (Å²) in [6, 6.07) is 19.1. The number of hydrogen-bond acceptors (Lipinski definition) is 6. The Balaban J connectivity index is 1.42. The van der Waals surface area contributed by atoms with E-state index < -0.39 is 0 Å². The molecule has 0 spiro atoms. The Hall–Kier alpha value is -2.77. The van der Waals surface area contributed by atoms with Crippen LogP contribution in [0.15, 0.2) is 54.6 Å². The van der Waals surface area contributed by atoms with Crippen molar-refractivity contribution in [1.29, 1.82) is 0 Å². The van der Waals surface area contributed by atoms with Gasteiger partial charge in [0.25, 0.3) is 0 Å². The normalized spacial score (nSPS) is 16.3. The van der Waals surface area contributed by atoms with E-state index in [-0.39, 0.29) is 6.04 Å². The van der Waals surface area contributed by atoms with Crippen molar-refractivity contribution in [2.75, 3.05) is 33.3 Å². The van der Waals surface area contributed by atoms with Crippen molar-refractivity contribution in [2.24, 2.45) is 0 Å². The van der Waals surface area contributed by atoms with Gasteiger partial charge in [-0.3, -0.25) is 9.80 Å². The second kappa shape index (κ2) is 10.5. The first-order chi connectivity index (χ1) is 15.3. The summed E-state index contributed by atoms with van der Waals surface area (Å²) in [6.45, 7) is 8.11. The molecule has 7 nitrogen and oxygen atoms in total. The van der Waals surface area contributed by atoms with Crippen LogP contribution in [0, 0.1) is 0 Å². The smallest absolute Gasteiger partial charge is 0.168 e. The third-order valence-electron chi connectivity index (χ3n) is 6.01. The summed E-state index contributed by atoms with van der Waals surface area (Å²) in [4.78, 5) is 5.09. The largest absolute Gasteiger partial charge is 0.497 e. The summed E-state index contributed by atoms with van der Waals surface area (Å²) in [5.41, 5.74) is 2.54. The molecule has 31 heavy (non-hydrogen) atoms. The third kappa shape index (κ3) is 5.48. The Kier molecular flexibility index (Phi) is 7.27. The zero-order valence-corrected chi connectivity index (χ0v) is 18.5. The first-order valence-electron chi connectivity index (χ1n) is 11.2. The molecule has 2 aromatic carbocycles. The lowest BCUT2D eigenvalue weighted by atomic mass is 10.1. The minimum Gasteiger partial charge on any atom is -0.497 e. The molecule has 1 aliphatic rings. The Bertz CT molecular complexity index is 919. The van der Waals surface area contributed by atoms with Gasteiger partial charge in [0.1, 0.15) is 5.75 Å². The van der Waals surface area contributed by atoms with Gasteiger partial charge in [-0.1, -0.05) is 55.8 Å². The number of rotatable bonds is 9. The molecule has 3 aromatic rings. The summed E-state index contributed by atoms with van der Waals surface area (Å²) in [5, 5.41) is 12.8. The van der Waals surface area contributed by atoms with Gasteiger partial charge in [-0.05, 0) is 40.1 Å². The number of ether oxygens (including phenoxy) is 1. The molecule has 4 rings (SSSR count). The van der Waals surface area contributed by atoms with Crippen LogP contribution in [0.5, 0.6) is 5.75 Å². The van der Waals surface area contributed by atoms with Crippen molar-refractivity contribution < 1.29 is 4.74 Å². The van der Waals surface area contributed by atoms with E-state index in [0.717, 1.165) is 62.7 Å². The van der Waals surface area contributed by atoms with Crippen LogP contribution in [0.4, 0.5) is 0 Å². The fourth-order valence-corrected chi connectivity index (χ4v) is 4.29. The molecule has 2 heterocycles. The van der Waals surface area contributed by atoms with E-state index in [1.165, 1.54) is 5.56 Å². The van der Waals surface area contributed by atoms with E-state index in [1.807, 2.05) is 16.8 Å². The maximum Gasteiger partial charge on any atom is 0.168 e. The first-order valence-corrected chi connectivity index (χ1v) is 11.2. The van der Waals surface area contributed by atoms with Crippen LogP contribution >= 0.6 is 0 Å². The fourth-order valence-electron chi connectivity index (χ4n) is 4.29. The van der Waals surface area contributed by atoms with Crippen molar-refractivity contribution in [2.45, 2.75) is 38.9 Å². The molecule has 1 aliphatic heterocycles. The Morgan fingerprint density at radius 3 is 2.29 bits per heavy atom. The quantitative estimate of drug-likeness (QED) is 0.529. The number of hydrogen-bond donors (Lipinski definition) is 0. The molecule has 0 N–H and O–H groups in total. The summed E-state index contributed by atoms with van der Waals surface area (Å²) < 4.78 is 7.22. The fraction of sp³-hybridized carbons (Fsp3) is 0.458. The standard InChI is InChI=1S/C24H32N6O/c1-3-7-23(29-16-14-28(15-17-29)18-20-8-5-4-6-9-20)24-25-26-27-30(24)19-21-10-12-22(31-2)13-11-21/h4-6,8-13,23H,3,7,14-19H2,1-2H3/t23-/m0/s1. The summed E-state index contributed by atoms with van der Waals surface area (Å²) in [5.74, 6) is 1.83. The molecule has 7 heteroatoms. The second-order valence-corrected chi connectivity index (χ2v) is 8.14. The molecule has 0 aliphatic carbocycles. The zero-order chi connectivity index (χ0) is 21.5. The lowest BCUT2D eigenvalue weighted by molar-refractivity contribution is 0.0820. The van der Waals surface area contributed by atoms with Crippen molar-refractivity contribution >= 4 is 0 Å². The monoisotopic (exact) mass is 420 g/mol. The van der Waals surface area contributed by atoms with E-state index >= 15 is 0 Å². The van der Waals surface area contributed by atoms with Crippen molar-refractivity contribution in [3.63, 3.8) is 0 Å². The van der Waals surface area contributed by atoms with Gasteiger partial charge in [-0.2, -0.15) is 0 Å². The number of benzene rings is 2. The summed E-state index contributed by atoms with van der Waals surface area (Å²) in [7, 11) is 1.68. The van der Waals surface area contributed by atoms with Crippen molar-refractivity contribution in [3.05, 3.63) is 71.5 Å². The van der Waals surface area contributed by atoms with Gasteiger partial charge < -0.3 is 4.74 Å². The van der Waals surface area contributed by atoms with Gasteiger partial charge in [0.15, 0.2) is 5.82 Å². The average molecular weight is 421 g/mol. The predicted molar refractivity (Wildman–Crippen MR) is 121 cm³/mol. The number of piperazine rings is 1. The molecular formula is C24H32N6O. The highest BCUT2D eigenvalue weighted by Gasteiger charge is 2.28. The predicted octanol–water partition coefficient (Wildman–Crippen LogP) is 3.39. The van der Waals surface area contributed by atoms with E-state index in [9.17, 15) is 0 Å². The number of tetrazole rings is 1. The number of nitrogens with zero attached hydrogens (tertiary/aromatic N) is 6. The second-order valence-electron chi connectivity index (χ2n) is 8.14. The van der Waals surface area contributed by atoms with Crippen LogP contribution in [-0.2, 0) is 13.1 Å². The molecule has 0 bridgehead atoms. The highest BCUT2D eigenvalue weighted by atomic mass is 16.5. The minimum absolute atomic E-state index is 0.247. The lowest BCUT2D eigenvalue weighted by Gasteiger charge is -2.38. The molecule has 0 amide bonds. The topological polar surface area (TPSA) is 59.3 Å². The number of aromatic nitrogens is 4. The van der Waals surface area contributed by atoms with E-state index in [2.05, 4.69) is 74.7 Å². The SMILES string of the molecule is CCC[C@@H](c1nnnn1Cc1ccc(OC)cc1)N1CCN(Cc2ccccc2)CC1. The molecule has 0 unspecified atom stereocenters. The van der Waals surface area contributed by atoms with Crippen LogP contribution in [0.3, 0.4) is 0 Å². The van der Waals surface area contributed by atoms with Crippen molar-refractivity contribution in [3.8, 4) is 5.75 Å². The highest BCUT2D eigenvalue weighted by Crippen LogP contribution is 2.26. The molecule has 0 radical (unpaired) electrons. The first kappa shape index (κ1) is 21.5. The zero-order valence-electron chi connectivity index (χ0n) is 18.5. The van der Waals surface area contributed by atoms with Gasteiger partial charge >= 0.3 is 0 Å². The van der Waals surface area contributed by atoms with Crippen LogP contribution in [0.2, 0.25) is 0 Å². The van der Waals surface area contributed by atoms with Crippen molar-refractivity contribution in [1.82, 2.24) is 30.0 Å². The van der Waals surface area contributed by atoms with Crippen LogP contribution in [-0.4, -0.2) is 63.3 Å². The van der Waals surface area contributed by atoms with Gasteiger partial charge in [-0.15, -0.1) is 5.10 Å². The van der Waals surface area contributed by atoms with Crippen LogP contribution < -0.4 is 4.74 Å². The average Bonchev–Trinajstić information content (AvgIpc) is 3.27. The van der Waals surface area contributed by atoms with Gasteiger partial charge in [0, 0.05) is 32.7 Å². The van der Waals surface area contributed by atoms with E-state index in [1.54, 1.807) is 7.11 Å². The lowest BCUT2D eigenvalue weighted by Crippen LogP contribution is -2.47. The van der Waals surface area contributed by atoms with Crippen LogP contribution in [0.25, 0.3) is 0 Å². The van der Waals surface area contributed by atoms with Gasteiger partial charge in [0.05, 0.1) is 19.7 Å². The van der Waals surface area contributed by atoms with Gasteiger partial charge in [0.2, 0.25) is 0 Å². The Labute approximate surface area is 184 Å². The molecule has 1 saturated heterocycles. The molecule has 0 saturated carbocycles. The Morgan fingerprint density at radius 2 is 1.61 bits per heavy atom. The number of methoxy groups -OCH3 is 1. The van der Waals surface area contributed by atoms with Gasteiger partial charge in [-0.25, -0.2) is 4.68 Å². The molecule has 1 aromatic heterocycles. The highest BCUT2D eigenvalue weighted by molar-refractivity contribution is 5.27. The molecule has 1 fully saturated rings. The van der Waals surface area contributed by atoms with E-state index in [0.29, 0.717) is 6.54 Å². The molecular weight excluding hydrogens is 388 g/mol. The molecule has 164 valence electrons. The summed E-state index contributed by atoms with van der Waals surface area (Å²) >= 11 is 0. The third-order valence-corrected chi connectivity index (χ3v) is 6.01. The maximum absolute atomic E-state index is 5.27. The van der Waals surface area contributed by atoms with Crippen LogP contribution in [0.1, 0.15) is 42.8 Å². The maximum atomic E-state index is 5.27. The van der Waals surface area contributed by atoms with E-state index in [4.69, 9.17) is 4.74 Å².